The summed E-state index contributed by atoms with van der Waals surface area (Å²) >= 11 is 0. The molecule has 12 heteroatoms. The monoisotopic (exact) mass is 682 g/mol. The summed E-state index contributed by atoms with van der Waals surface area (Å²) in [6.07, 6.45) is 0. The van der Waals surface area contributed by atoms with Crippen molar-refractivity contribution in [3.63, 3.8) is 0 Å². The molecule has 0 fully saturated rings. The van der Waals surface area contributed by atoms with Crippen LogP contribution in [0.1, 0.15) is 21.8 Å². The number of primary amides is 2. The van der Waals surface area contributed by atoms with Gasteiger partial charge in [0.1, 0.15) is 18.9 Å². The first kappa shape index (κ1) is 43.3. The van der Waals surface area contributed by atoms with E-state index in [-0.39, 0.29) is 57.0 Å². The molecule has 0 unspecified atom stereocenters. The molecule has 0 saturated heterocycles. The van der Waals surface area contributed by atoms with Crippen LogP contribution in [-0.2, 0) is 56.6 Å². The normalized spacial score (nSPS) is 7.92. The molecule has 0 saturated carbocycles. The molecular weight excluding hydrogens is 660 g/mol. The Labute approximate surface area is 171 Å². The van der Waals surface area contributed by atoms with E-state index in [0.717, 1.165) is 0 Å². The zero-order chi connectivity index (χ0) is 16.6. The van der Waals surface area contributed by atoms with Gasteiger partial charge in [0, 0.05) is 42.1 Å². The SMILES string of the molecule is C.C.N#CC(=NCO)C(N)=O.[CH2-]C.[CH2-]ON=C(C#N)C(N)=O.[W].[W]. The number of carbonyl (C=O) groups is 2. The van der Waals surface area contributed by atoms with Crippen molar-refractivity contribution >= 4 is 23.2 Å². The van der Waals surface area contributed by atoms with Crippen molar-refractivity contribution in [2.24, 2.45) is 21.6 Å². The number of hydrogen-bond acceptors (Lipinski definition) is 8. The fourth-order valence-corrected chi connectivity index (χ4v) is 0.424. The second-order valence-electron chi connectivity index (χ2n) is 2.17. The topological polar surface area (TPSA) is 188 Å². The number of aliphatic imine (C=N–C) groups is 1. The fraction of sp³-hybridized carbons (Fsp3) is 0.333. The van der Waals surface area contributed by atoms with Gasteiger partial charge >= 0.3 is 0 Å². The van der Waals surface area contributed by atoms with Gasteiger partial charge in [0.25, 0.3) is 11.8 Å². The second kappa shape index (κ2) is 33.1. The van der Waals surface area contributed by atoms with Gasteiger partial charge in [-0.2, -0.15) is 17.4 Å². The molecule has 0 spiro atoms. The first-order chi connectivity index (χ1) is 9.44. The van der Waals surface area contributed by atoms with Crippen LogP contribution in [0.15, 0.2) is 10.1 Å². The summed E-state index contributed by atoms with van der Waals surface area (Å²) in [6, 6.07) is 2.83. The first-order valence-electron chi connectivity index (χ1n) is 4.69. The summed E-state index contributed by atoms with van der Waals surface area (Å²) in [5.74, 6) is -1.85. The average Bonchev–Trinajstić information content (AvgIpc) is 2.44. The maximum Gasteiger partial charge on any atom is 0.281 e. The molecule has 0 rings (SSSR count). The van der Waals surface area contributed by atoms with Crippen molar-refractivity contribution in [3.05, 3.63) is 14.0 Å². The van der Waals surface area contributed by atoms with Crippen LogP contribution in [0.5, 0.6) is 0 Å². The predicted molar refractivity (Wildman–Crippen MR) is 82.5 cm³/mol. The first-order valence-corrected chi connectivity index (χ1v) is 4.69. The fourth-order valence-electron chi connectivity index (χ4n) is 0.424. The van der Waals surface area contributed by atoms with Gasteiger partial charge in [0.15, 0.2) is 0 Å². The van der Waals surface area contributed by atoms with E-state index >= 15 is 0 Å². The number of nitrogens with zero attached hydrogens (tertiary/aromatic N) is 4. The molecule has 24 heavy (non-hydrogen) atoms. The Morgan fingerprint density at radius 1 is 1.08 bits per heavy atom. The molecule has 10 nitrogen and oxygen atoms in total. The Hall–Kier alpha value is -1.60. The molecule has 0 aliphatic carbocycles. The van der Waals surface area contributed by atoms with E-state index < -0.39 is 30.0 Å². The molecule has 5 N–H and O–H groups in total. The number of oxime groups is 1. The minimum Gasteiger partial charge on any atom is -0.569 e. The summed E-state index contributed by atoms with van der Waals surface area (Å²) in [5.41, 5.74) is 8.31. The van der Waals surface area contributed by atoms with Crippen molar-refractivity contribution in [1.29, 1.82) is 10.5 Å². The third-order valence-electron chi connectivity index (χ3n) is 1.06. The molecule has 138 valence electrons. The number of aliphatic hydroxyl groups excluding tert-OH is 1. The van der Waals surface area contributed by atoms with Crippen LogP contribution >= 0.6 is 0 Å². The van der Waals surface area contributed by atoms with Crippen LogP contribution < -0.4 is 11.5 Å². The molecule has 0 aromatic rings. The quantitative estimate of drug-likeness (QED) is 0.207. The molecule has 0 aliphatic rings. The Morgan fingerprint density at radius 2 is 1.42 bits per heavy atom. The Bertz CT molecular complexity index is 413. The number of carbonyl (C=O) groups excluding carboxylic acids is 2. The van der Waals surface area contributed by atoms with Crippen molar-refractivity contribution < 1.29 is 61.7 Å². The Kier molecular flexibility index (Phi) is 59.7. The zero-order valence-corrected chi connectivity index (χ0v) is 17.4. The summed E-state index contributed by atoms with van der Waals surface area (Å²) in [4.78, 5) is 27.1. The van der Waals surface area contributed by atoms with Crippen molar-refractivity contribution in [3.8, 4) is 12.1 Å². The van der Waals surface area contributed by atoms with E-state index in [1.165, 1.54) is 12.1 Å². The molecule has 0 heterocycles. The maximum atomic E-state index is 10.1. The van der Waals surface area contributed by atoms with Crippen LogP contribution in [0.3, 0.4) is 0 Å². The average molecular weight is 682 g/mol. The van der Waals surface area contributed by atoms with Crippen LogP contribution in [0.25, 0.3) is 0 Å². The van der Waals surface area contributed by atoms with E-state index in [9.17, 15) is 9.59 Å². The summed E-state index contributed by atoms with van der Waals surface area (Å²) in [7, 11) is 2.81. The number of nitriles is 2. The van der Waals surface area contributed by atoms with Gasteiger partial charge in [-0.15, -0.1) is 12.3 Å². The van der Waals surface area contributed by atoms with Crippen molar-refractivity contribution in [2.75, 3.05) is 6.73 Å². The van der Waals surface area contributed by atoms with Crippen LogP contribution in [0.4, 0.5) is 0 Å². The van der Waals surface area contributed by atoms with Crippen LogP contribution in [-0.4, -0.2) is 35.1 Å². The van der Waals surface area contributed by atoms with E-state index in [4.69, 9.17) is 15.6 Å². The van der Waals surface area contributed by atoms with Gasteiger partial charge in [0.2, 0.25) is 11.4 Å². The van der Waals surface area contributed by atoms with Gasteiger partial charge in [-0.05, 0) is 0 Å². The van der Waals surface area contributed by atoms with Gasteiger partial charge < -0.3 is 28.3 Å². The molecule has 0 radical (unpaired) electrons. The number of amides is 2. The molecule has 0 aromatic carbocycles. The molecule has 0 atom stereocenters. The second-order valence-corrected chi connectivity index (χ2v) is 2.17. The predicted octanol–water partition coefficient (Wildman–Crippen LogP) is -0.347. The third-order valence-corrected chi connectivity index (χ3v) is 1.06. The molecule has 0 aliphatic heterocycles. The van der Waals surface area contributed by atoms with Crippen LogP contribution in [0, 0.1) is 36.7 Å². The van der Waals surface area contributed by atoms with Gasteiger partial charge in [-0.1, -0.05) is 14.9 Å². The minimum atomic E-state index is -0.929. The number of nitrogens with two attached hydrogens (primary N) is 2. The van der Waals surface area contributed by atoms with E-state index in [1.54, 1.807) is 6.92 Å². The van der Waals surface area contributed by atoms with Crippen molar-refractivity contribution in [1.82, 2.24) is 0 Å². The summed E-state index contributed by atoms with van der Waals surface area (Å²) in [5, 5.41) is 27.1. The van der Waals surface area contributed by atoms with Gasteiger partial charge in [0.05, 0.1) is 0 Å². The molecular formula is C12H22N6O4W2-2. The molecule has 0 bridgehead atoms. The largest absolute Gasteiger partial charge is 0.569 e. The summed E-state index contributed by atoms with van der Waals surface area (Å²) < 4.78 is 0. The van der Waals surface area contributed by atoms with Gasteiger partial charge in [-0.25, -0.2) is 4.99 Å². The minimum absolute atomic E-state index is 0. The van der Waals surface area contributed by atoms with Crippen molar-refractivity contribution in [2.45, 2.75) is 21.8 Å². The number of rotatable bonds is 4. The van der Waals surface area contributed by atoms with E-state index in [0.29, 0.717) is 0 Å². The zero-order valence-electron chi connectivity index (χ0n) is 11.6. The van der Waals surface area contributed by atoms with E-state index in [2.05, 4.69) is 40.5 Å². The smallest absolute Gasteiger partial charge is 0.281 e. The van der Waals surface area contributed by atoms with E-state index in [1.807, 2.05) is 0 Å². The molecule has 0 aromatic heterocycles. The van der Waals surface area contributed by atoms with Crippen LogP contribution in [0.2, 0.25) is 0 Å². The summed E-state index contributed by atoms with van der Waals surface area (Å²) in [6.45, 7) is 4.41. The number of hydrogen-bond donors (Lipinski definition) is 3. The number of aliphatic hydroxyl groups is 1. The Balaban J connectivity index is -0.0000000378. The maximum absolute atomic E-state index is 10.1. The third kappa shape index (κ3) is 28.5. The van der Waals surface area contributed by atoms with Gasteiger partial charge in [-0.3, -0.25) is 9.59 Å². The standard InChI is InChI=1S/C4H4N3O2.C4H5N3O2.C2H5.2CH4.2W/c1-9-7-3(2-5)4(6)8;5-1-3(4(6)9)7-2-8;1-2;;;;/h1H2,(H2,6,8);8H,2H2,(H2,6,9);1H2,2H3;2*1H4;;/q-1;;-1;;;;. The Morgan fingerprint density at radius 3 is 1.50 bits per heavy atom. The molecule has 2 amide bonds.